The topological polar surface area (TPSA) is 0 Å². The first-order valence-electron chi connectivity index (χ1n) is 4.53. The normalized spacial score (nSPS) is 22.0. The zero-order chi connectivity index (χ0) is 8.55. The highest BCUT2D eigenvalue weighted by Crippen LogP contribution is 2.30. The van der Waals surface area contributed by atoms with Crippen molar-refractivity contribution in [2.45, 2.75) is 26.2 Å². The fourth-order valence-corrected chi connectivity index (χ4v) is 2.49. The summed E-state index contributed by atoms with van der Waals surface area (Å²) in [6.07, 6.45) is 3.86. The van der Waals surface area contributed by atoms with Crippen molar-refractivity contribution in [3.63, 3.8) is 0 Å². The van der Waals surface area contributed by atoms with Crippen molar-refractivity contribution in [1.82, 2.24) is 0 Å². The van der Waals surface area contributed by atoms with Crippen molar-refractivity contribution >= 4 is 15.9 Å². The molecule has 1 aromatic carbocycles. The van der Waals surface area contributed by atoms with Gasteiger partial charge in [-0.3, -0.25) is 0 Å². The van der Waals surface area contributed by atoms with Crippen molar-refractivity contribution in [1.29, 1.82) is 0 Å². The molecule has 12 heavy (non-hydrogen) atoms. The molecule has 0 nitrogen and oxygen atoms in total. The Labute approximate surface area is 82.1 Å². The molecule has 1 aromatic rings. The van der Waals surface area contributed by atoms with Crippen LogP contribution in [0.3, 0.4) is 0 Å². The summed E-state index contributed by atoms with van der Waals surface area (Å²) >= 11 is 3.61. The highest BCUT2D eigenvalue weighted by Gasteiger charge is 2.16. The fraction of sp³-hybridized carbons (Fsp3) is 0.455. The van der Waals surface area contributed by atoms with Crippen molar-refractivity contribution in [3.05, 3.63) is 33.8 Å². The molecule has 0 heterocycles. The van der Waals surface area contributed by atoms with Gasteiger partial charge in [0.05, 0.1) is 0 Å². The third kappa shape index (κ3) is 1.42. The summed E-state index contributed by atoms with van der Waals surface area (Å²) in [6.45, 7) is 2.34. The van der Waals surface area contributed by atoms with Crippen LogP contribution in [0.25, 0.3) is 0 Å². The van der Waals surface area contributed by atoms with E-state index >= 15 is 0 Å². The van der Waals surface area contributed by atoms with Gasteiger partial charge in [-0.1, -0.05) is 35.0 Å². The van der Waals surface area contributed by atoms with Gasteiger partial charge in [-0.15, -0.1) is 0 Å². The first kappa shape index (κ1) is 8.31. The Bertz CT molecular complexity index is 291. The number of hydrogen-bond donors (Lipinski definition) is 0. The lowest BCUT2D eigenvalue weighted by atomic mass is 9.85. The third-order valence-electron chi connectivity index (χ3n) is 2.67. The van der Waals surface area contributed by atoms with Crippen LogP contribution < -0.4 is 0 Å². The van der Waals surface area contributed by atoms with E-state index < -0.39 is 0 Å². The molecule has 0 aromatic heterocycles. The zero-order valence-corrected chi connectivity index (χ0v) is 8.89. The Hall–Kier alpha value is -0.300. The van der Waals surface area contributed by atoms with Crippen LogP contribution in [0.4, 0.5) is 0 Å². The lowest BCUT2D eigenvalue weighted by molar-refractivity contribution is 0.500. The van der Waals surface area contributed by atoms with Crippen LogP contribution in [-0.2, 0) is 12.8 Å². The van der Waals surface area contributed by atoms with E-state index in [0.29, 0.717) is 0 Å². The third-order valence-corrected chi connectivity index (χ3v) is 3.42. The van der Waals surface area contributed by atoms with Gasteiger partial charge in [0.25, 0.3) is 0 Å². The Kier molecular flexibility index (Phi) is 2.22. The van der Waals surface area contributed by atoms with Gasteiger partial charge in [0, 0.05) is 4.47 Å². The quantitative estimate of drug-likeness (QED) is 0.633. The number of rotatable bonds is 0. The number of aryl methyl sites for hydroxylation is 1. The molecule has 1 heteroatoms. The monoisotopic (exact) mass is 224 g/mol. The number of hydrogen-bond acceptors (Lipinski definition) is 0. The molecule has 0 radical (unpaired) electrons. The van der Waals surface area contributed by atoms with Crippen molar-refractivity contribution < 1.29 is 0 Å². The molecular weight excluding hydrogens is 212 g/mol. The second kappa shape index (κ2) is 3.21. The van der Waals surface area contributed by atoms with E-state index in [1.807, 2.05) is 0 Å². The van der Waals surface area contributed by atoms with E-state index in [1.54, 1.807) is 5.56 Å². The molecule has 1 atom stereocenters. The van der Waals surface area contributed by atoms with Gasteiger partial charge in [-0.2, -0.15) is 0 Å². The van der Waals surface area contributed by atoms with Crippen molar-refractivity contribution in [2.75, 3.05) is 0 Å². The maximum Gasteiger partial charge on any atom is 0.0210 e. The van der Waals surface area contributed by atoms with Gasteiger partial charge >= 0.3 is 0 Å². The number of benzene rings is 1. The van der Waals surface area contributed by atoms with Crippen LogP contribution in [0.2, 0.25) is 0 Å². The first-order valence-corrected chi connectivity index (χ1v) is 5.33. The van der Waals surface area contributed by atoms with E-state index in [2.05, 4.69) is 41.1 Å². The molecule has 1 aliphatic rings. The molecule has 1 aliphatic carbocycles. The molecule has 0 amide bonds. The molecular formula is C11H13Br. The van der Waals surface area contributed by atoms with Gasteiger partial charge in [0.15, 0.2) is 0 Å². The number of halogens is 1. The Morgan fingerprint density at radius 1 is 1.42 bits per heavy atom. The van der Waals surface area contributed by atoms with Gasteiger partial charge < -0.3 is 0 Å². The predicted molar refractivity (Wildman–Crippen MR) is 55.3 cm³/mol. The highest BCUT2D eigenvalue weighted by molar-refractivity contribution is 9.10. The molecule has 0 bridgehead atoms. The Morgan fingerprint density at radius 3 is 3.08 bits per heavy atom. The van der Waals surface area contributed by atoms with Crippen molar-refractivity contribution in [2.24, 2.45) is 5.92 Å². The van der Waals surface area contributed by atoms with Gasteiger partial charge in [-0.05, 0) is 42.4 Å². The molecule has 0 aliphatic heterocycles. The molecule has 0 saturated carbocycles. The lowest BCUT2D eigenvalue weighted by Gasteiger charge is -2.22. The van der Waals surface area contributed by atoms with E-state index in [-0.39, 0.29) is 0 Å². The average Bonchev–Trinajstić information content (AvgIpc) is 2.07. The molecule has 0 fully saturated rings. The molecule has 0 unspecified atom stereocenters. The van der Waals surface area contributed by atoms with Crippen LogP contribution in [0, 0.1) is 5.92 Å². The summed E-state index contributed by atoms with van der Waals surface area (Å²) in [6, 6.07) is 6.54. The summed E-state index contributed by atoms with van der Waals surface area (Å²) in [5, 5.41) is 0. The summed E-state index contributed by atoms with van der Waals surface area (Å²) in [4.78, 5) is 0. The molecule has 0 saturated heterocycles. The second-order valence-corrected chi connectivity index (χ2v) is 4.58. The van der Waals surface area contributed by atoms with Gasteiger partial charge in [-0.25, -0.2) is 0 Å². The molecule has 0 N–H and O–H groups in total. The lowest BCUT2D eigenvalue weighted by Crippen LogP contribution is -2.11. The molecule has 0 spiro atoms. The smallest absolute Gasteiger partial charge is 0.0210 e. The zero-order valence-electron chi connectivity index (χ0n) is 7.31. The SMILES string of the molecule is C[C@H]1CCc2cccc(Br)c2C1. The maximum absolute atomic E-state index is 3.61. The minimum Gasteiger partial charge on any atom is -0.0622 e. The van der Waals surface area contributed by atoms with Crippen LogP contribution >= 0.6 is 15.9 Å². The van der Waals surface area contributed by atoms with E-state index in [4.69, 9.17) is 0 Å². The first-order chi connectivity index (χ1) is 5.77. The Morgan fingerprint density at radius 2 is 2.25 bits per heavy atom. The van der Waals surface area contributed by atoms with Gasteiger partial charge in [0.1, 0.15) is 0 Å². The largest absolute Gasteiger partial charge is 0.0622 e. The summed E-state index contributed by atoms with van der Waals surface area (Å²) in [7, 11) is 0. The van der Waals surface area contributed by atoms with Crippen molar-refractivity contribution in [3.8, 4) is 0 Å². The standard InChI is InChI=1S/C11H13Br/c1-8-5-6-9-3-2-4-11(12)10(9)7-8/h2-4,8H,5-7H2,1H3/t8-/m0/s1. The van der Waals surface area contributed by atoms with Crippen LogP contribution in [0.1, 0.15) is 24.5 Å². The van der Waals surface area contributed by atoms with Crippen LogP contribution in [-0.4, -0.2) is 0 Å². The minimum atomic E-state index is 0.858. The Balaban J connectivity index is 2.43. The molecule has 2 rings (SSSR count). The molecule has 64 valence electrons. The highest BCUT2D eigenvalue weighted by atomic mass is 79.9. The number of fused-ring (bicyclic) bond motifs is 1. The second-order valence-electron chi connectivity index (χ2n) is 3.73. The average molecular weight is 225 g/mol. The maximum atomic E-state index is 3.61. The van der Waals surface area contributed by atoms with E-state index in [1.165, 1.54) is 29.3 Å². The summed E-state index contributed by atoms with van der Waals surface area (Å²) < 4.78 is 1.30. The predicted octanol–water partition coefficient (Wildman–Crippen LogP) is 3.57. The van der Waals surface area contributed by atoms with Crippen LogP contribution in [0.15, 0.2) is 22.7 Å². The summed E-state index contributed by atoms with van der Waals surface area (Å²) in [5.74, 6) is 0.858. The summed E-state index contributed by atoms with van der Waals surface area (Å²) in [5.41, 5.74) is 3.08. The van der Waals surface area contributed by atoms with Gasteiger partial charge in [0.2, 0.25) is 0 Å². The van der Waals surface area contributed by atoms with E-state index in [9.17, 15) is 0 Å². The van der Waals surface area contributed by atoms with E-state index in [0.717, 1.165) is 5.92 Å². The fourth-order valence-electron chi connectivity index (χ4n) is 1.92. The minimum absolute atomic E-state index is 0.858. The van der Waals surface area contributed by atoms with Crippen LogP contribution in [0.5, 0.6) is 0 Å².